The van der Waals surface area contributed by atoms with Gasteiger partial charge in [-0.05, 0) is 41.8 Å². The highest BCUT2D eigenvalue weighted by atomic mass is 19.1. The van der Waals surface area contributed by atoms with Gasteiger partial charge in [0.05, 0.1) is 29.0 Å². The number of aromatic nitrogens is 2. The maximum absolute atomic E-state index is 14.4. The van der Waals surface area contributed by atoms with E-state index in [1.54, 1.807) is 11.2 Å². The highest BCUT2D eigenvalue weighted by molar-refractivity contribution is 5.95. The average Bonchev–Trinajstić information content (AvgIpc) is 3.16. The molecule has 1 aliphatic heterocycles. The number of nitrogens with zero attached hydrogens (tertiary/aromatic N) is 3. The van der Waals surface area contributed by atoms with Crippen LogP contribution in [0.1, 0.15) is 21.5 Å². The Morgan fingerprint density at radius 2 is 1.77 bits per heavy atom. The molecule has 30 heavy (non-hydrogen) atoms. The number of carbonyl (C=O) groups is 1. The van der Waals surface area contributed by atoms with E-state index in [0.717, 1.165) is 28.7 Å². The maximum Gasteiger partial charge on any atom is 0.257 e. The molecule has 5 rings (SSSR count). The molecule has 0 aliphatic carbocycles. The van der Waals surface area contributed by atoms with Crippen LogP contribution in [-0.4, -0.2) is 26.4 Å². The second-order valence-electron chi connectivity index (χ2n) is 7.57. The van der Waals surface area contributed by atoms with Crippen LogP contribution in [0.5, 0.6) is 0 Å². The molecular weight excluding hydrogens is 384 g/mol. The lowest BCUT2D eigenvalue weighted by Gasteiger charge is -2.37. The molecular formula is C24H19F2N3O. The van der Waals surface area contributed by atoms with E-state index in [1.807, 2.05) is 47.0 Å². The van der Waals surface area contributed by atoms with Crippen LogP contribution in [0.2, 0.25) is 0 Å². The van der Waals surface area contributed by atoms with Crippen molar-refractivity contribution in [3.05, 3.63) is 101 Å². The summed E-state index contributed by atoms with van der Waals surface area (Å²) in [5.41, 5.74) is 3.97. The predicted octanol–water partition coefficient (Wildman–Crippen LogP) is 4.58. The van der Waals surface area contributed by atoms with Crippen molar-refractivity contribution in [3.63, 3.8) is 0 Å². The summed E-state index contributed by atoms with van der Waals surface area (Å²) < 4.78 is 29.7. The van der Waals surface area contributed by atoms with E-state index < -0.39 is 17.5 Å². The molecule has 0 radical (unpaired) electrons. The summed E-state index contributed by atoms with van der Waals surface area (Å²) in [7, 11) is 0. The van der Waals surface area contributed by atoms with Crippen LogP contribution in [-0.2, 0) is 19.5 Å². The third-order valence-corrected chi connectivity index (χ3v) is 5.71. The number of carbonyl (C=O) groups excluding carboxylic acids is 1. The van der Waals surface area contributed by atoms with Gasteiger partial charge in [-0.3, -0.25) is 4.79 Å². The average molecular weight is 403 g/mol. The molecule has 0 saturated heterocycles. The molecule has 0 bridgehead atoms. The molecule has 1 amide bonds. The van der Waals surface area contributed by atoms with Crippen LogP contribution in [0.4, 0.5) is 8.78 Å². The van der Waals surface area contributed by atoms with Gasteiger partial charge in [0.15, 0.2) is 0 Å². The van der Waals surface area contributed by atoms with E-state index in [2.05, 4.69) is 11.1 Å². The fraction of sp³-hybridized carbons (Fsp3) is 0.167. The van der Waals surface area contributed by atoms with Crippen LogP contribution in [0.3, 0.4) is 0 Å². The summed E-state index contributed by atoms with van der Waals surface area (Å²) >= 11 is 0. The van der Waals surface area contributed by atoms with Gasteiger partial charge in [0.25, 0.3) is 5.91 Å². The first kappa shape index (κ1) is 18.5. The van der Waals surface area contributed by atoms with Crippen molar-refractivity contribution in [2.45, 2.75) is 25.6 Å². The highest BCUT2D eigenvalue weighted by Crippen LogP contribution is 2.27. The minimum Gasteiger partial charge on any atom is -0.329 e. The minimum atomic E-state index is -0.842. The smallest absolute Gasteiger partial charge is 0.257 e. The molecule has 0 spiro atoms. The second-order valence-corrected chi connectivity index (χ2v) is 7.57. The molecule has 0 unspecified atom stereocenters. The number of imidazole rings is 1. The minimum absolute atomic E-state index is 0.115. The summed E-state index contributed by atoms with van der Waals surface area (Å²) in [6, 6.07) is 18.7. The first-order valence-electron chi connectivity index (χ1n) is 9.83. The van der Waals surface area contributed by atoms with Crippen molar-refractivity contribution < 1.29 is 13.6 Å². The molecule has 1 aliphatic rings. The van der Waals surface area contributed by atoms with Crippen LogP contribution in [0.15, 0.2) is 73.1 Å². The first-order valence-corrected chi connectivity index (χ1v) is 9.83. The topological polar surface area (TPSA) is 38.1 Å². The summed E-state index contributed by atoms with van der Waals surface area (Å²) in [6.45, 7) is 0.909. The van der Waals surface area contributed by atoms with Gasteiger partial charge in [-0.15, -0.1) is 0 Å². The zero-order valence-electron chi connectivity index (χ0n) is 16.1. The Morgan fingerprint density at radius 1 is 1.00 bits per heavy atom. The van der Waals surface area contributed by atoms with Crippen LogP contribution in [0, 0.1) is 11.6 Å². The number of amides is 1. The number of rotatable bonds is 3. The molecule has 4 aromatic rings. The Balaban J connectivity index is 1.53. The standard InChI is InChI=1S/C24H19F2N3O/c25-18-9-10-20(21(26)12-18)24(30)29-13-17-6-2-1-5-16(17)11-19(29)14-28-15-27-22-7-3-4-8-23(22)28/h1-10,12,15,19H,11,13-14H2/t19-/m0/s1. The maximum atomic E-state index is 14.4. The van der Waals surface area contributed by atoms with Crippen molar-refractivity contribution >= 4 is 16.9 Å². The van der Waals surface area contributed by atoms with Gasteiger partial charge in [-0.1, -0.05) is 36.4 Å². The zero-order chi connectivity index (χ0) is 20.7. The Morgan fingerprint density at radius 3 is 2.60 bits per heavy atom. The van der Waals surface area contributed by atoms with E-state index in [9.17, 15) is 13.6 Å². The van der Waals surface area contributed by atoms with Crippen molar-refractivity contribution in [2.24, 2.45) is 0 Å². The summed E-state index contributed by atoms with van der Waals surface area (Å²) in [6.07, 6.45) is 2.42. The van der Waals surface area contributed by atoms with Gasteiger partial charge in [0.1, 0.15) is 11.6 Å². The Labute approximate surface area is 172 Å². The number of hydrogen-bond donors (Lipinski definition) is 0. The molecule has 6 heteroatoms. The Kier molecular flexibility index (Phi) is 4.54. The number of benzene rings is 3. The lowest BCUT2D eigenvalue weighted by atomic mass is 9.93. The number of para-hydroxylation sites is 2. The molecule has 0 N–H and O–H groups in total. The Hall–Kier alpha value is -3.54. The number of halogens is 2. The predicted molar refractivity (Wildman–Crippen MR) is 110 cm³/mol. The quantitative estimate of drug-likeness (QED) is 0.502. The summed E-state index contributed by atoms with van der Waals surface area (Å²) in [5, 5.41) is 0. The van der Waals surface area contributed by atoms with Gasteiger partial charge in [-0.2, -0.15) is 0 Å². The third kappa shape index (κ3) is 3.24. The molecule has 1 atom stereocenters. The summed E-state index contributed by atoms with van der Waals surface area (Å²) in [5.74, 6) is -1.98. The summed E-state index contributed by atoms with van der Waals surface area (Å²) in [4.78, 5) is 19.4. The molecule has 2 heterocycles. The molecule has 3 aromatic carbocycles. The molecule has 150 valence electrons. The fourth-order valence-corrected chi connectivity index (χ4v) is 4.19. The highest BCUT2D eigenvalue weighted by Gasteiger charge is 2.32. The van der Waals surface area contributed by atoms with Gasteiger partial charge in [0, 0.05) is 19.2 Å². The van der Waals surface area contributed by atoms with Crippen LogP contribution >= 0.6 is 0 Å². The van der Waals surface area contributed by atoms with Crippen molar-refractivity contribution in [1.82, 2.24) is 14.5 Å². The number of hydrogen-bond acceptors (Lipinski definition) is 2. The third-order valence-electron chi connectivity index (χ3n) is 5.71. The molecule has 0 fully saturated rings. The van der Waals surface area contributed by atoms with Crippen LogP contribution < -0.4 is 0 Å². The SMILES string of the molecule is O=C(c1ccc(F)cc1F)N1Cc2ccccc2C[C@H]1Cn1cnc2ccccc21. The van der Waals surface area contributed by atoms with Crippen LogP contribution in [0.25, 0.3) is 11.0 Å². The van der Waals surface area contributed by atoms with E-state index in [1.165, 1.54) is 11.6 Å². The number of fused-ring (bicyclic) bond motifs is 2. The van der Waals surface area contributed by atoms with E-state index in [0.29, 0.717) is 19.5 Å². The largest absolute Gasteiger partial charge is 0.329 e. The monoisotopic (exact) mass is 403 g/mol. The van der Waals surface area contributed by atoms with Crippen molar-refractivity contribution in [2.75, 3.05) is 0 Å². The van der Waals surface area contributed by atoms with E-state index >= 15 is 0 Å². The van der Waals surface area contributed by atoms with Gasteiger partial charge < -0.3 is 9.47 Å². The van der Waals surface area contributed by atoms with Crippen molar-refractivity contribution in [1.29, 1.82) is 0 Å². The normalized spacial score (nSPS) is 15.9. The fourth-order valence-electron chi connectivity index (χ4n) is 4.19. The van der Waals surface area contributed by atoms with E-state index in [4.69, 9.17) is 0 Å². The Bertz CT molecular complexity index is 1250. The van der Waals surface area contributed by atoms with Gasteiger partial charge in [-0.25, -0.2) is 13.8 Å². The second kappa shape index (κ2) is 7.37. The van der Waals surface area contributed by atoms with Gasteiger partial charge >= 0.3 is 0 Å². The molecule has 0 saturated carbocycles. The molecule has 4 nitrogen and oxygen atoms in total. The van der Waals surface area contributed by atoms with E-state index in [-0.39, 0.29) is 11.6 Å². The molecule has 1 aromatic heterocycles. The zero-order valence-corrected chi connectivity index (χ0v) is 16.1. The lowest BCUT2D eigenvalue weighted by molar-refractivity contribution is 0.0615. The first-order chi connectivity index (χ1) is 14.6. The lowest BCUT2D eigenvalue weighted by Crippen LogP contribution is -2.46. The van der Waals surface area contributed by atoms with Crippen molar-refractivity contribution in [3.8, 4) is 0 Å². The van der Waals surface area contributed by atoms with Gasteiger partial charge in [0.2, 0.25) is 0 Å².